The van der Waals surface area contributed by atoms with Gasteiger partial charge in [0.2, 0.25) is 0 Å². The highest BCUT2D eigenvalue weighted by molar-refractivity contribution is 5.94. The van der Waals surface area contributed by atoms with E-state index >= 15 is 0 Å². The highest BCUT2D eigenvalue weighted by Gasteiger charge is 2.16. The Morgan fingerprint density at radius 2 is 1.74 bits per heavy atom. The molecular weight excluding hydrogens is 399 g/mol. The fourth-order valence-corrected chi connectivity index (χ4v) is 3.38. The average Bonchev–Trinajstić information content (AvgIpc) is 3.20. The molecule has 3 aromatic carbocycles. The summed E-state index contributed by atoms with van der Waals surface area (Å²) in [4.78, 5) is 11.1. The fourth-order valence-electron chi connectivity index (χ4n) is 3.38. The van der Waals surface area contributed by atoms with Gasteiger partial charge in [-0.1, -0.05) is 36.4 Å². The molecule has 0 saturated heterocycles. The molecule has 31 heavy (non-hydrogen) atoms. The predicted octanol–water partition coefficient (Wildman–Crippen LogP) is 5.46. The summed E-state index contributed by atoms with van der Waals surface area (Å²) in [6.07, 6.45) is 1.10. The van der Waals surface area contributed by atoms with Gasteiger partial charge in [-0.2, -0.15) is 0 Å². The van der Waals surface area contributed by atoms with Gasteiger partial charge in [-0.25, -0.2) is 9.18 Å². The third-order valence-electron chi connectivity index (χ3n) is 5.11. The quantitative estimate of drug-likeness (QED) is 0.410. The number of rotatable bonds is 8. The van der Waals surface area contributed by atoms with Crippen LogP contribution in [0.4, 0.5) is 4.39 Å². The van der Waals surface area contributed by atoms with Crippen LogP contribution in [0.15, 0.2) is 77.4 Å². The topological polar surface area (TPSA) is 68.9 Å². The fraction of sp³-hybridized carbons (Fsp3) is 0.160. The molecule has 0 saturated carbocycles. The number of aliphatic carboxylic acids is 1. The predicted molar refractivity (Wildman–Crippen MR) is 115 cm³/mol. The molecule has 0 fully saturated rings. The summed E-state index contributed by atoms with van der Waals surface area (Å²) in [5.74, 6) is -0.589. The molecule has 0 unspecified atom stereocenters. The second-order valence-corrected chi connectivity index (χ2v) is 7.19. The van der Waals surface area contributed by atoms with Gasteiger partial charge >= 0.3 is 5.97 Å². The maximum absolute atomic E-state index is 13.2. The van der Waals surface area contributed by atoms with E-state index < -0.39 is 12.1 Å². The molecule has 0 bridgehead atoms. The van der Waals surface area contributed by atoms with Crippen LogP contribution in [0.2, 0.25) is 0 Å². The summed E-state index contributed by atoms with van der Waals surface area (Å²) in [5, 5.41) is 10.0. The van der Waals surface area contributed by atoms with Gasteiger partial charge in [-0.3, -0.25) is 0 Å². The van der Waals surface area contributed by atoms with Crippen molar-refractivity contribution in [1.29, 1.82) is 0 Å². The molecular formula is C25H21FO5. The highest BCUT2D eigenvalue weighted by atomic mass is 19.1. The van der Waals surface area contributed by atoms with E-state index in [4.69, 9.17) is 19.0 Å². The first-order chi connectivity index (χ1) is 15.0. The molecule has 1 N–H and O–H groups in total. The summed E-state index contributed by atoms with van der Waals surface area (Å²) in [6, 6.07) is 19.5. The third-order valence-corrected chi connectivity index (χ3v) is 5.11. The number of carbonyl (C=O) groups is 1. The maximum atomic E-state index is 13.2. The number of carboxylic acids is 1. The Balaban J connectivity index is 1.42. The Kier molecular flexibility index (Phi) is 6.00. The second kappa shape index (κ2) is 9.02. The molecule has 0 aliphatic rings. The average molecular weight is 420 g/mol. The summed E-state index contributed by atoms with van der Waals surface area (Å²) in [5.41, 5.74) is 4.30. The number of furan rings is 1. The molecule has 0 aliphatic carbocycles. The molecule has 1 atom stereocenters. The van der Waals surface area contributed by atoms with E-state index in [1.54, 1.807) is 18.4 Å². The number of halogens is 1. The van der Waals surface area contributed by atoms with Crippen LogP contribution in [-0.4, -0.2) is 24.3 Å². The standard InChI is InChI=1S/C25H21FO5/c1-29-24(25(27)28)12-16-2-4-17(5-3-16)14-30-20-10-11-21-22(15-31-23(21)13-20)18-6-8-19(26)9-7-18/h2-11,13,15,24H,12,14H2,1H3,(H,27,28)/t24-/m0/s1. The van der Waals surface area contributed by atoms with Crippen molar-refractivity contribution in [3.05, 3.63) is 89.9 Å². The van der Waals surface area contributed by atoms with Gasteiger partial charge in [0.1, 0.15) is 23.8 Å². The summed E-state index contributed by atoms with van der Waals surface area (Å²) in [6.45, 7) is 0.365. The van der Waals surface area contributed by atoms with Crippen molar-refractivity contribution in [3.8, 4) is 16.9 Å². The monoisotopic (exact) mass is 420 g/mol. The van der Waals surface area contributed by atoms with Gasteiger partial charge in [-0.15, -0.1) is 0 Å². The Morgan fingerprint density at radius 1 is 1.03 bits per heavy atom. The Labute approximate surface area is 178 Å². The van der Waals surface area contributed by atoms with E-state index in [-0.39, 0.29) is 5.82 Å². The van der Waals surface area contributed by atoms with E-state index in [1.165, 1.54) is 19.2 Å². The van der Waals surface area contributed by atoms with Gasteiger partial charge in [0, 0.05) is 30.5 Å². The highest BCUT2D eigenvalue weighted by Crippen LogP contribution is 2.33. The molecule has 6 heteroatoms. The van der Waals surface area contributed by atoms with Crippen LogP contribution >= 0.6 is 0 Å². The number of ether oxygens (including phenoxy) is 2. The molecule has 4 rings (SSSR count). The molecule has 0 spiro atoms. The summed E-state index contributed by atoms with van der Waals surface area (Å²) in [7, 11) is 1.39. The molecule has 0 radical (unpaired) electrons. The third kappa shape index (κ3) is 4.75. The largest absolute Gasteiger partial charge is 0.489 e. The number of hydrogen-bond acceptors (Lipinski definition) is 4. The molecule has 0 aliphatic heterocycles. The van der Waals surface area contributed by atoms with Gasteiger partial charge < -0.3 is 19.0 Å². The van der Waals surface area contributed by atoms with E-state index in [9.17, 15) is 9.18 Å². The van der Waals surface area contributed by atoms with E-state index in [1.807, 2.05) is 42.5 Å². The first kappa shape index (κ1) is 20.6. The normalized spacial score (nSPS) is 12.1. The van der Waals surface area contributed by atoms with Crippen LogP contribution in [0, 0.1) is 5.82 Å². The van der Waals surface area contributed by atoms with Gasteiger partial charge in [0.05, 0.1) is 6.26 Å². The van der Waals surface area contributed by atoms with Crippen LogP contribution in [-0.2, 0) is 22.6 Å². The number of fused-ring (bicyclic) bond motifs is 1. The summed E-state index contributed by atoms with van der Waals surface area (Å²) >= 11 is 0. The van der Waals surface area contributed by atoms with Crippen molar-refractivity contribution >= 4 is 16.9 Å². The van der Waals surface area contributed by atoms with E-state index in [0.29, 0.717) is 24.4 Å². The van der Waals surface area contributed by atoms with Crippen LogP contribution in [0.1, 0.15) is 11.1 Å². The zero-order chi connectivity index (χ0) is 21.8. The number of methoxy groups -OCH3 is 1. The number of carboxylic acid groups (broad SMARTS) is 1. The van der Waals surface area contributed by atoms with Gasteiger partial charge in [-0.05, 0) is 41.0 Å². The van der Waals surface area contributed by atoms with Crippen molar-refractivity contribution < 1.29 is 28.2 Å². The van der Waals surface area contributed by atoms with E-state index in [2.05, 4.69) is 0 Å². The second-order valence-electron chi connectivity index (χ2n) is 7.19. The van der Waals surface area contributed by atoms with Crippen molar-refractivity contribution in [2.75, 3.05) is 7.11 Å². The lowest BCUT2D eigenvalue weighted by Gasteiger charge is -2.11. The van der Waals surface area contributed by atoms with Crippen molar-refractivity contribution in [2.24, 2.45) is 0 Å². The van der Waals surface area contributed by atoms with Gasteiger partial charge in [0.15, 0.2) is 6.10 Å². The van der Waals surface area contributed by atoms with Gasteiger partial charge in [0.25, 0.3) is 0 Å². The molecule has 0 amide bonds. The van der Waals surface area contributed by atoms with E-state index in [0.717, 1.165) is 27.6 Å². The van der Waals surface area contributed by atoms with Crippen LogP contribution in [0.3, 0.4) is 0 Å². The van der Waals surface area contributed by atoms with Crippen LogP contribution < -0.4 is 4.74 Å². The summed E-state index contributed by atoms with van der Waals surface area (Å²) < 4.78 is 29.7. The zero-order valence-electron chi connectivity index (χ0n) is 16.9. The maximum Gasteiger partial charge on any atom is 0.333 e. The Bertz CT molecular complexity index is 1180. The lowest BCUT2D eigenvalue weighted by molar-refractivity contribution is -0.148. The van der Waals surface area contributed by atoms with Crippen molar-refractivity contribution in [2.45, 2.75) is 19.1 Å². The lowest BCUT2D eigenvalue weighted by Crippen LogP contribution is -2.24. The first-order valence-corrected chi connectivity index (χ1v) is 9.77. The van der Waals surface area contributed by atoms with Crippen LogP contribution in [0.25, 0.3) is 22.1 Å². The van der Waals surface area contributed by atoms with Crippen molar-refractivity contribution in [1.82, 2.24) is 0 Å². The molecule has 1 heterocycles. The molecule has 4 aromatic rings. The lowest BCUT2D eigenvalue weighted by atomic mass is 10.0. The van der Waals surface area contributed by atoms with Crippen LogP contribution in [0.5, 0.6) is 5.75 Å². The Hall–Kier alpha value is -3.64. The first-order valence-electron chi connectivity index (χ1n) is 9.77. The SMILES string of the molecule is CO[C@@H](Cc1ccc(COc2ccc3c(-c4ccc(F)cc4)coc3c2)cc1)C(=O)O. The molecule has 158 valence electrons. The minimum absolute atomic E-state index is 0.277. The number of benzene rings is 3. The zero-order valence-corrected chi connectivity index (χ0v) is 16.9. The minimum atomic E-state index is -0.981. The molecule has 5 nitrogen and oxygen atoms in total. The Morgan fingerprint density at radius 3 is 2.42 bits per heavy atom. The molecule has 1 aromatic heterocycles. The van der Waals surface area contributed by atoms with Crippen molar-refractivity contribution in [3.63, 3.8) is 0 Å². The minimum Gasteiger partial charge on any atom is -0.489 e. The smallest absolute Gasteiger partial charge is 0.333 e. The number of hydrogen-bond donors (Lipinski definition) is 1.